The summed E-state index contributed by atoms with van der Waals surface area (Å²) in [6.45, 7) is 8.38. The van der Waals surface area contributed by atoms with Crippen LogP contribution in [0.3, 0.4) is 0 Å². The summed E-state index contributed by atoms with van der Waals surface area (Å²) in [6.07, 6.45) is 1.00. The molecule has 0 spiro atoms. The van der Waals surface area contributed by atoms with E-state index in [1.165, 1.54) is 0 Å². The lowest BCUT2D eigenvalue weighted by Crippen LogP contribution is -2.46. The van der Waals surface area contributed by atoms with E-state index in [1.807, 2.05) is 51.1 Å². The number of nitrogens with zero attached hydrogens (tertiary/aromatic N) is 3. The molecule has 8 nitrogen and oxygen atoms in total. The minimum absolute atomic E-state index is 0.275. The van der Waals surface area contributed by atoms with Gasteiger partial charge in [0.25, 0.3) is 0 Å². The molecule has 0 bridgehead atoms. The fraction of sp³-hybridized carbons (Fsp3) is 0.652. The second-order valence-electron chi connectivity index (χ2n) is 9.43. The summed E-state index contributed by atoms with van der Waals surface area (Å²) in [7, 11) is -2.30. The van der Waals surface area contributed by atoms with Gasteiger partial charge in [0, 0.05) is 37.7 Å². The highest BCUT2D eigenvalue weighted by atomic mass is 32.2. The van der Waals surface area contributed by atoms with Gasteiger partial charge in [-0.05, 0) is 45.1 Å². The summed E-state index contributed by atoms with van der Waals surface area (Å²) in [4.78, 5) is 27.8. The van der Waals surface area contributed by atoms with Crippen LogP contribution in [0.4, 0.5) is 9.59 Å². The Balaban J connectivity index is 1.40. The maximum Gasteiger partial charge on any atom is 0.410 e. The zero-order chi connectivity index (χ0) is 23.2. The van der Waals surface area contributed by atoms with Crippen molar-refractivity contribution in [1.29, 1.82) is 0 Å². The Kier molecular flexibility index (Phi) is 8.03. The number of hydrogen-bond donors (Lipinski definition) is 0. The van der Waals surface area contributed by atoms with Crippen LogP contribution < -0.4 is 0 Å². The maximum atomic E-state index is 13.1. The van der Waals surface area contributed by atoms with Crippen molar-refractivity contribution in [2.45, 2.75) is 45.8 Å². The van der Waals surface area contributed by atoms with Crippen LogP contribution in [0.1, 0.15) is 39.2 Å². The molecular weight excluding hydrogens is 430 g/mol. The van der Waals surface area contributed by atoms with Gasteiger partial charge in [0.1, 0.15) is 12.2 Å². The first-order valence-electron chi connectivity index (χ1n) is 11.3. The van der Waals surface area contributed by atoms with Crippen molar-refractivity contribution in [3.8, 4) is 0 Å². The van der Waals surface area contributed by atoms with Crippen LogP contribution in [0.5, 0.6) is 0 Å². The van der Waals surface area contributed by atoms with E-state index in [0.717, 1.165) is 18.4 Å². The van der Waals surface area contributed by atoms with Gasteiger partial charge in [-0.1, -0.05) is 30.3 Å². The maximum absolute atomic E-state index is 13.1. The van der Waals surface area contributed by atoms with Crippen molar-refractivity contribution in [2.75, 3.05) is 44.2 Å². The quantitative estimate of drug-likeness (QED) is 0.676. The van der Waals surface area contributed by atoms with Gasteiger partial charge in [0.05, 0.1) is 16.3 Å². The van der Waals surface area contributed by atoms with Crippen molar-refractivity contribution < 1.29 is 23.3 Å². The largest absolute Gasteiger partial charge is 0.445 e. The molecule has 0 aromatic heterocycles. The van der Waals surface area contributed by atoms with Crippen LogP contribution in [-0.4, -0.2) is 76.0 Å². The fourth-order valence-corrected chi connectivity index (χ4v) is 5.66. The summed E-state index contributed by atoms with van der Waals surface area (Å²) in [5, 5.41) is 0. The van der Waals surface area contributed by atoms with Gasteiger partial charge >= 0.3 is 12.2 Å². The van der Waals surface area contributed by atoms with Crippen LogP contribution in [-0.2, 0) is 25.8 Å². The fourth-order valence-electron chi connectivity index (χ4n) is 3.71. The van der Waals surface area contributed by atoms with Gasteiger partial charge in [0.2, 0.25) is 0 Å². The summed E-state index contributed by atoms with van der Waals surface area (Å²) in [6, 6.07) is 9.63. The number of carbonyl (C=O) groups excluding carboxylic acids is 2. The second kappa shape index (κ2) is 10.6. The zero-order valence-corrected chi connectivity index (χ0v) is 20.1. The van der Waals surface area contributed by atoms with Crippen LogP contribution in [0.2, 0.25) is 0 Å². The minimum Gasteiger partial charge on any atom is -0.445 e. The first-order chi connectivity index (χ1) is 15.1. The summed E-state index contributed by atoms with van der Waals surface area (Å²) >= 11 is 0. The van der Waals surface area contributed by atoms with E-state index in [-0.39, 0.29) is 18.8 Å². The average Bonchev–Trinajstić information content (AvgIpc) is 2.76. The van der Waals surface area contributed by atoms with Gasteiger partial charge in [-0.3, -0.25) is 0 Å². The highest BCUT2D eigenvalue weighted by Gasteiger charge is 2.29. The third-order valence-corrected chi connectivity index (χ3v) is 7.92. The lowest BCUT2D eigenvalue weighted by Gasteiger charge is -2.32. The molecule has 2 fully saturated rings. The topological polar surface area (TPSA) is 88.5 Å². The van der Waals surface area contributed by atoms with Crippen LogP contribution in [0.25, 0.3) is 0 Å². The molecule has 2 saturated heterocycles. The molecule has 2 aliphatic heterocycles. The molecule has 0 atom stereocenters. The van der Waals surface area contributed by atoms with Gasteiger partial charge in [0.15, 0.2) is 0 Å². The lowest BCUT2D eigenvalue weighted by atomic mass is 9.97. The van der Waals surface area contributed by atoms with Gasteiger partial charge in [-0.2, -0.15) is 0 Å². The van der Waals surface area contributed by atoms with Gasteiger partial charge in [-0.15, -0.1) is 0 Å². The minimum atomic E-state index is -2.30. The Bertz CT molecular complexity index is 884. The molecule has 0 radical (unpaired) electrons. The van der Waals surface area contributed by atoms with Crippen LogP contribution >= 0.6 is 0 Å². The number of hydrogen-bond acceptors (Lipinski definition) is 6. The van der Waals surface area contributed by atoms with E-state index in [9.17, 15) is 13.8 Å². The molecule has 2 aliphatic rings. The SMILES string of the molecule is CC(C)(C)OC(=O)N1CCS(=O)(=NCC2CCN(C(=O)OCc3ccccc3)CC2)CC1. The Morgan fingerprint density at radius 3 is 2.19 bits per heavy atom. The van der Waals surface area contributed by atoms with E-state index in [4.69, 9.17) is 9.47 Å². The number of amides is 2. The number of benzene rings is 1. The van der Waals surface area contributed by atoms with Gasteiger partial charge in [-0.25, -0.2) is 18.2 Å². The van der Waals surface area contributed by atoms with E-state index < -0.39 is 15.3 Å². The average molecular weight is 466 g/mol. The van der Waals surface area contributed by atoms with E-state index in [1.54, 1.807) is 9.80 Å². The second-order valence-corrected chi connectivity index (χ2v) is 12.1. The number of carbonyl (C=O) groups is 2. The smallest absolute Gasteiger partial charge is 0.410 e. The van der Waals surface area contributed by atoms with Gasteiger partial charge < -0.3 is 19.3 Å². The first kappa shape index (κ1) is 24.4. The Labute approximate surface area is 191 Å². The number of ether oxygens (including phenoxy) is 2. The molecule has 178 valence electrons. The number of rotatable bonds is 4. The van der Waals surface area contributed by atoms with E-state index in [0.29, 0.717) is 50.1 Å². The Morgan fingerprint density at radius 1 is 1.00 bits per heavy atom. The third-order valence-electron chi connectivity index (χ3n) is 5.66. The Morgan fingerprint density at radius 2 is 1.59 bits per heavy atom. The molecule has 0 N–H and O–H groups in total. The molecule has 32 heavy (non-hydrogen) atoms. The summed E-state index contributed by atoms with van der Waals surface area (Å²) in [5.41, 5.74) is 0.430. The summed E-state index contributed by atoms with van der Waals surface area (Å²) in [5.74, 6) is 1.09. The van der Waals surface area contributed by atoms with Crippen LogP contribution in [0, 0.1) is 5.92 Å². The highest BCUT2D eigenvalue weighted by molar-refractivity contribution is 7.93. The number of piperidine rings is 1. The van der Waals surface area contributed by atoms with E-state index >= 15 is 0 Å². The highest BCUT2D eigenvalue weighted by Crippen LogP contribution is 2.20. The summed E-state index contributed by atoms with van der Waals surface area (Å²) < 4.78 is 28.4. The predicted octanol–water partition coefficient (Wildman–Crippen LogP) is 3.75. The molecule has 9 heteroatoms. The predicted molar refractivity (Wildman–Crippen MR) is 124 cm³/mol. The first-order valence-corrected chi connectivity index (χ1v) is 13.1. The molecule has 0 saturated carbocycles. The molecule has 0 aliphatic carbocycles. The third kappa shape index (κ3) is 7.39. The molecule has 2 heterocycles. The zero-order valence-electron chi connectivity index (χ0n) is 19.3. The monoisotopic (exact) mass is 465 g/mol. The van der Waals surface area contributed by atoms with Crippen molar-refractivity contribution in [3.05, 3.63) is 35.9 Å². The molecule has 0 unspecified atom stereocenters. The van der Waals surface area contributed by atoms with Crippen molar-refractivity contribution >= 4 is 21.9 Å². The van der Waals surface area contributed by atoms with Crippen LogP contribution in [0.15, 0.2) is 34.7 Å². The van der Waals surface area contributed by atoms with Crippen molar-refractivity contribution in [2.24, 2.45) is 10.3 Å². The van der Waals surface area contributed by atoms with Crippen molar-refractivity contribution in [1.82, 2.24) is 9.80 Å². The van der Waals surface area contributed by atoms with E-state index in [2.05, 4.69) is 4.36 Å². The molecule has 1 aromatic rings. The molecule has 2 amide bonds. The Hall–Kier alpha value is -2.29. The molecular formula is C23H35N3O5S. The standard InChI is InChI=1S/C23H35N3O5S/c1-23(2,3)31-22(28)26-13-15-32(29,16-14-26)24-17-19-9-11-25(12-10-19)21(27)30-18-20-7-5-4-6-8-20/h4-8,19H,9-18H2,1-3H3. The normalized spacial score (nSPS) is 19.3. The number of likely N-dealkylation sites (tertiary alicyclic amines) is 1. The molecule has 3 rings (SSSR count). The lowest BCUT2D eigenvalue weighted by molar-refractivity contribution is 0.0268. The molecule has 1 aromatic carbocycles. The van der Waals surface area contributed by atoms with Crippen molar-refractivity contribution in [3.63, 3.8) is 0 Å².